The molecule has 130 valence electrons. The van der Waals surface area contributed by atoms with E-state index in [1.54, 1.807) is 24.3 Å². The van der Waals surface area contributed by atoms with Gasteiger partial charge in [0.25, 0.3) is 5.91 Å². The van der Waals surface area contributed by atoms with Gasteiger partial charge in [0.15, 0.2) is 6.04 Å². The molecule has 1 aromatic carbocycles. The van der Waals surface area contributed by atoms with E-state index in [9.17, 15) is 9.59 Å². The number of ether oxygens (including phenoxy) is 2. The van der Waals surface area contributed by atoms with E-state index in [0.717, 1.165) is 38.2 Å². The molecular formula is C18H25N2O4+. The van der Waals surface area contributed by atoms with Crippen LogP contribution in [0.3, 0.4) is 0 Å². The summed E-state index contributed by atoms with van der Waals surface area (Å²) >= 11 is 0. The smallest absolute Gasteiger partial charge is 0.292 e. The Kier molecular flexibility index (Phi) is 5.48. The van der Waals surface area contributed by atoms with Gasteiger partial charge in [-0.2, -0.15) is 0 Å². The number of carbonyl (C=O) groups is 2. The molecule has 2 saturated heterocycles. The average molecular weight is 333 g/mol. The zero-order chi connectivity index (χ0) is 16.9. The first-order valence-corrected chi connectivity index (χ1v) is 8.73. The summed E-state index contributed by atoms with van der Waals surface area (Å²) < 4.78 is 11.1. The molecule has 2 fully saturated rings. The third-order valence-electron chi connectivity index (χ3n) is 4.46. The molecule has 2 N–H and O–H groups in total. The van der Waals surface area contributed by atoms with Crippen molar-refractivity contribution in [3.8, 4) is 5.75 Å². The van der Waals surface area contributed by atoms with Gasteiger partial charge in [0.2, 0.25) is 5.91 Å². The van der Waals surface area contributed by atoms with Crippen molar-refractivity contribution in [2.24, 2.45) is 0 Å². The molecule has 0 saturated carbocycles. The number of rotatable bonds is 7. The SMILES string of the molecule is CCCOc1ccc(N2C(=O)C[C@H]([NH2+]C[C@H]3CCCO3)C2=O)cc1. The van der Waals surface area contributed by atoms with Crippen molar-refractivity contribution < 1.29 is 24.4 Å². The van der Waals surface area contributed by atoms with Crippen LogP contribution in [0.15, 0.2) is 24.3 Å². The molecular weight excluding hydrogens is 308 g/mol. The van der Waals surface area contributed by atoms with E-state index in [2.05, 4.69) is 0 Å². The molecule has 2 amide bonds. The summed E-state index contributed by atoms with van der Waals surface area (Å²) in [7, 11) is 0. The first-order valence-electron chi connectivity index (χ1n) is 8.73. The predicted octanol–water partition coefficient (Wildman–Crippen LogP) is 0.850. The van der Waals surface area contributed by atoms with E-state index in [0.29, 0.717) is 12.3 Å². The normalized spacial score (nSPS) is 24.0. The lowest BCUT2D eigenvalue weighted by molar-refractivity contribution is -0.680. The van der Waals surface area contributed by atoms with Crippen LogP contribution in [0.4, 0.5) is 5.69 Å². The minimum Gasteiger partial charge on any atom is -0.494 e. The van der Waals surface area contributed by atoms with Gasteiger partial charge in [-0.3, -0.25) is 9.59 Å². The Morgan fingerprint density at radius 3 is 2.75 bits per heavy atom. The third-order valence-corrected chi connectivity index (χ3v) is 4.46. The van der Waals surface area contributed by atoms with Crippen molar-refractivity contribution in [1.29, 1.82) is 0 Å². The highest BCUT2D eigenvalue weighted by Crippen LogP contribution is 2.24. The van der Waals surface area contributed by atoms with Gasteiger partial charge in [-0.15, -0.1) is 0 Å². The molecule has 2 heterocycles. The molecule has 0 spiro atoms. The molecule has 2 atom stereocenters. The van der Waals surface area contributed by atoms with Crippen LogP contribution < -0.4 is 15.0 Å². The first kappa shape index (κ1) is 16.9. The fraction of sp³-hybridized carbons (Fsp3) is 0.556. The standard InChI is InChI=1S/C18H24N2O4/c1-2-9-23-14-7-5-13(6-8-14)20-17(21)11-16(18(20)22)19-12-15-4-3-10-24-15/h5-8,15-16,19H,2-4,9-12H2,1H3/p+1/t15-,16+/m1/s1. The second kappa shape index (κ2) is 7.77. The van der Waals surface area contributed by atoms with Crippen LogP contribution in [0, 0.1) is 0 Å². The fourth-order valence-electron chi connectivity index (χ4n) is 3.17. The van der Waals surface area contributed by atoms with Crippen LogP contribution in [-0.4, -0.2) is 43.7 Å². The van der Waals surface area contributed by atoms with E-state index in [-0.39, 0.29) is 30.4 Å². The van der Waals surface area contributed by atoms with Crippen LogP contribution in [0.2, 0.25) is 0 Å². The summed E-state index contributed by atoms with van der Waals surface area (Å²) in [6.07, 6.45) is 3.51. The molecule has 0 unspecified atom stereocenters. The molecule has 0 bridgehead atoms. The summed E-state index contributed by atoms with van der Waals surface area (Å²) in [5.74, 6) is 0.470. The van der Waals surface area contributed by atoms with E-state index in [4.69, 9.17) is 9.47 Å². The number of carbonyl (C=O) groups excluding carboxylic acids is 2. The summed E-state index contributed by atoms with van der Waals surface area (Å²) in [4.78, 5) is 26.1. The molecule has 3 rings (SSSR count). The van der Waals surface area contributed by atoms with Crippen LogP contribution in [0.25, 0.3) is 0 Å². The lowest BCUT2D eigenvalue weighted by Crippen LogP contribution is -2.93. The zero-order valence-electron chi connectivity index (χ0n) is 14.1. The Hall–Kier alpha value is -1.92. The Bertz CT molecular complexity index is 581. The van der Waals surface area contributed by atoms with Gasteiger partial charge in [0.1, 0.15) is 18.4 Å². The number of hydrogen-bond acceptors (Lipinski definition) is 4. The maximum atomic E-state index is 12.6. The van der Waals surface area contributed by atoms with Crippen molar-refractivity contribution >= 4 is 17.5 Å². The second-order valence-electron chi connectivity index (χ2n) is 6.33. The van der Waals surface area contributed by atoms with Gasteiger partial charge >= 0.3 is 0 Å². The number of anilines is 1. The molecule has 24 heavy (non-hydrogen) atoms. The second-order valence-corrected chi connectivity index (χ2v) is 6.33. The van der Waals surface area contributed by atoms with E-state index >= 15 is 0 Å². The molecule has 0 aromatic heterocycles. The number of imide groups is 1. The van der Waals surface area contributed by atoms with Crippen molar-refractivity contribution in [3.05, 3.63) is 24.3 Å². The highest BCUT2D eigenvalue weighted by atomic mass is 16.5. The zero-order valence-corrected chi connectivity index (χ0v) is 14.1. The van der Waals surface area contributed by atoms with Gasteiger partial charge in [-0.1, -0.05) is 6.92 Å². The van der Waals surface area contributed by atoms with Crippen molar-refractivity contribution in [1.82, 2.24) is 0 Å². The third kappa shape index (κ3) is 3.76. The summed E-state index contributed by atoms with van der Waals surface area (Å²) in [6, 6.07) is 6.80. The number of amides is 2. The Labute approximate surface area is 142 Å². The highest BCUT2D eigenvalue weighted by molar-refractivity contribution is 6.21. The summed E-state index contributed by atoms with van der Waals surface area (Å²) in [6.45, 7) is 4.24. The molecule has 0 aliphatic carbocycles. The van der Waals surface area contributed by atoms with Crippen LogP contribution in [0.1, 0.15) is 32.6 Å². The Morgan fingerprint density at radius 1 is 1.29 bits per heavy atom. The predicted molar refractivity (Wildman–Crippen MR) is 88.9 cm³/mol. The molecule has 0 radical (unpaired) electrons. The van der Waals surface area contributed by atoms with Gasteiger partial charge < -0.3 is 14.8 Å². The maximum absolute atomic E-state index is 12.6. The minimum atomic E-state index is -0.335. The van der Waals surface area contributed by atoms with Crippen LogP contribution >= 0.6 is 0 Å². The summed E-state index contributed by atoms with van der Waals surface area (Å²) in [5, 5.41) is 1.95. The molecule has 2 aliphatic rings. The van der Waals surface area contributed by atoms with Crippen LogP contribution in [-0.2, 0) is 14.3 Å². The van der Waals surface area contributed by atoms with Crippen molar-refractivity contribution in [3.63, 3.8) is 0 Å². The van der Waals surface area contributed by atoms with Gasteiger partial charge in [-0.25, -0.2) is 4.90 Å². The quantitative estimate of drug-likeness (QED) is 0.751. The minimum absolute atomic E-state index is 0.139. The Morgan fingerprint density at radius 2 is 2.08 bits per heavy atom. The maximum Gasteiger partial charge on any atom is 0.292 e. The number of hydrogen-bond donors (Lipinski definition) is 1. The molecule has 2 aliphatic heterocycles. The first-order chi connectivity index (χ1) is 11.7. The number of nitrogens with zero attached hydrogens (tertiary/aromatic N) is 1. The largest absolute Gasteiger partial charge is 0.494 e. The lowest BCUT2D eigenvalue weighted by atomic mass is 10.2. The lowest BCUT2D eigenvalue weighted by Gasteiger charge is -2.15. The van der Waals surface area contributed by atoms with Crippen molar-refractivity contribution in [2.75, 3.05) is 24.7 Å². The van der Waals surface area contributed by atoms with Gasteiger partial charge in [0.05, 0.1) is 18.7 Å². The average Bonchev–Trinajstić information content (AvgIpc) is 3.20. The summed E-state index contributed by atoms with van der Waals surface area (Å²) in [5.41, 5.74) is 0.613. The number of benzene rings is 1. The topological polar surface area (TPSA) is 72.4 Å². The van der Waals surface area contributed by atoms with E-state index in [1.165, 1.54) is 4.90 Å². The molecule has 6 heteroatoms. The monoisotopic (exact) mass is 333 g/mol. The van der Waals surface area contributed by atoms with Gasteiger partial charge in [0, 0.05) is 6.61 Å². The molecule has 1 aromatic rings. The molecule has 6 nitrogen and oxygen atoms in total. The van der Waals surface area contributed by atoms with Crippen molar-refractivity contribution in [2.45, 2.75) is 44.8 Å². The highest BCUT2D eigenvalue weighted by Gasteiger charge is 2.42. The number of nitrogens with two attached hydrogens (primary N) is 1. The van der Waals surface area contributed by atoms with E-state index in [1.807, 2.05) is 12.2 Å². The Balaban J connectivity index is 1.60. The van der Waals surface area contributed by atoms with Crippen LogP contribution in [0.5, 0.6) is 5.75 Å². The van der Waals surface area contributed by atoms with Gasteiger partial charge in [-0.05, 0) is 43.5 Å². The number of quaternary nitrogens is 1. The fourth-order valence-corrected chi connectivity index (χ4v) is 3.17. The van der Waals surface area contributed by atoms with E-state index < -0.39 is 0 Å².